The molecule has 0 aromatic heterocycles. The summed E-state index contributed by atoms with van der Waals surface area (Å²) in [4.78, 5) is 49.8. The minimum Gasteiger partial charge on any atom is -0.394 e. The Balaban J connectivity index is 1.64. The predicted octanol–water partition coefficient (Wildman–Crippen LogP) is 6.13. The zero-order valence-corrected chi connectivity index (χ0v) is 28.8. The summed E-state index contributed by atoms with van der Waals surface area (Å²) in [6.45, 7) is 16.6. The zero-order chi connectivity index (χ0) is 33.3. The Morgan fingerprint density at radius 2 is 1.83 bits per heavy atom. The van der Waals surface area contributed by atoms with Crippen LogP contribution >= 0.6 is 23.4 Å². The van der Waals surface area contributed by atoms with E-state index < -0.39 is 28.7 Å². The Morgan fingerprint density at radius 1 is 1.13 bits per heavy atom. The number of hydrogen-bond acceptors (Lipinski definition) is 5. The number of nitrogens with zero attached hydrogens (tertiary/aromatic N) is 3. The fourth-order valence-electron chi connectivity index (χ4n) is 8.13. The summed E-state index contributed by atoms with van der Waals surface area (Å²) < 4.78 is -0.846. The number of likely N-dealkylation sites (tertiary alicyclic amines) is 1. The Morgan fingerprint density at radius 3 is 2.43 bits per heavy atom. The molecule has 1 N–H and O–H groups in total. The molecule has 3 heterocycles. The summed E-state index contributed by atoms with van der Waals surface area (Å²) in [6.07, 6.45) is 4.82. The molecule has 7 nitrogen and oxygen atoms in total. The van der Waals surface area contributed by atoms with Gasteiger partial charge in [-0.25, -0.2) is 0 Å². The first-order chi connectivity index (χ1) is 22.1. The van der Waals surface area contributed by atoms with E-state index in [1.807, 2.05) is 63.2 Å². The van der Waals surface area contributed by atoms with Gasteiger partial charge < -0.3 is 19.8 Å². The summed E-state index contributed by atoms with van der Waals surface area (Å²) in [7, 11) is 0. The standard InChI is InChI=1S/C37H46ClN3O4S/c1-7-18-39(21-26-15-11-10-12-16-26)34(43)30-29-20-25(6)37(46-29)31(30)35(44)41(28(22-42)23(4)9-3)33(37)36(45)40(19-8-2)32-24(5)14-13-17-27(32)38/h7-8,10-17,23,25,28-31,33,42H,1-2,9,18-22H2,3-6H3/t23-,25?,28-,29+,30-,31-,33?,37?/m0/s1. The molecule has 2 aromatic rings. The van der Waals surface area contributed by atoms with Crippen molar-refractivity contribution >= 4 is 46.8 Å². The van der Waals surface area contributed by atoms with E-state index in [0.717, 1.165) is 17.5 Å². The van der Waals surface area contributed by atoms with E-state index in [2.05, 4.69) is 20.1 Å². The van der Waals surface area contributed by atoms with Gasteiger partial charge in [0.05, 0.1) is 39.9 Å². The van der Waals surface area contributed by atoms with Crippen LogP contribution in [0.15, 0.2) is 73.8 Å². The van der Waals surface area contributed by atoms with E-state index in [1.165, 1.54) is 0 Å². The van der Waals surface area contributed by atoms with Gasteiger partial charge in [-0.3, -0.25) is 14.4 Å². The van der Waals surface area contributed by atoms with E-state index >= 15 is 4.79 Å². The van der Waals surface area contributed by atoms with Gasteiger partial charge in [0.2, 0.25) is 11.8 Å². The number of rotatable bonds is 13. The van der Waals surface area contributed by atoms with E-state index in [1.54, 1.807) is 44.7 Å². The number of aliphatic hydroxyl groups is 1. The molecule has 0 saturated carbocycles. The average Bonchev–Trinajstić information content (AvgIpc) is 3.64. The second kappa shape index (κ2) is 14.0. The van der Waals surface area contributed by atoms with Crippen LogP contribution in [0.1, 0.15) is 44.7 Å². The molecule has 3 aliphatic rings. The van der Waals surface area contributed by atoms with Crippen molar-refractivity contribution in [3.63, 3.8) is 0 Å². The second-order valence-electron chi connectivity index (χ2n) is 13.1. The minimum atomic E-state index is -0.892. The first kappa shape index (κ1) is 34.3. The highest BCUT2D eigenvalue weighted by atomic mass is 35.5. The fraction of sp³-hybridized carbons (Fsp3) is 0.486. The molecule has 3 fully saturated rings. The van der Waals surface area contributed by atoms with Gasteiger partial charge in [0.25, 0.3) is 5.91 Å². The molecule has 0 aliphatic carbocycles. The Labute approximate surface area is 282 Å². The fourth-order valence-corrected chi connectivity index (χ4v) is 10.8. The molecule has 0 radical (unpaired) electrons. The number of carbonyl (C=O) groups is 3. The number of halogens is 1. The number of amides is 3. The number of aryl methyl sites for hydroxylation is 1. The first-order valence-electron chi connectivity index (χ1n) is 16.3. The number of anilines is 1. The number of hydrogen-bond donors (Lipinski definition) is 1. The van der Waals surface area contributed by atoms with Crippen LogP contribution < -0.4 is 4.90 Å². The van der Waals surface area contributed by atoms with Gasteiger partial charge in [-0.1, -0.05) is 93.4 Å². The predicted molar refractivity (Wildman–Crippen MR) is 187 cm³/mol. The van der Waals surface area contributed by atoms with Crippen molar-refractivity contribution in [1.29, 1.82) is 0 Å². The highest BCUT2D eigenvalue weighted by molar-refractivity contribution is 8.02. The smallest absolute Gasteiger partial charge is 0.251 e. The van der Waals surface area contributed by atoms with Crippen LogP contribution in [0.4, 0.5) is 5.69 Å². The molecule has 9 heteroatoms. The molecule has 3 saturated heterocycles. The summed E-state index contributed by atoms with van der Waals surface area (Å²) >= 11 is 8.38. The number of fused-ring (bicyclic) bond motifs is 1. The number of carbonyl (C=O) groups excluding carboxylic acids is 3. The lowest BCUT2D eigenvalue weighted by Crippen LogP contribution is -2.60. The van der Waals surface area contributed by atoms with Crippen LogP contribution in [0.2, 0.25) is 5.02 Å². The second-order valence-corrected chi connectivity index (χ2v) is 15.0. The third-order valence-corrected chi connectivity index (χ3v) is 12.8. The van der Waals surface area contributed by atoms with Crippen molar-refractivity contribution in [2.75, 3.05) is 24.6 Å². The maximum Gasteiger partial charge on any atom is 0.251 e. The third-order valence-electron chi connectivity index (χ3n) is 10.5. The van der Waals surface area contributed by atoms with Gasteiger partial charge in [0.15, 0.2) is 0 Å². The largest absolute Gasteiger partial charge is 0.394 e. The summed E-state index contributed by atoms with van der Waals surface area (Å²) in [5, 5.41) is 11.1. The lowest BCUT2D eigenvalue weighted by molar-refractivity contribution is -0.146. The van der Waals surface area contributed by atoms with Crippen molar-refractivity contribution in [2.45, 2.75) is 69.2 Å². The van der Waals surface area contributed by atoms with E-state index in [9.17, 15) is 14.7 Å². The summed E-state index contributed by atoms with van der Waals surface area (Å²) in [6, 6.07) is 13.9. The quantitative estimate of drug-likeness (QED) is 0.261. The Kier molecular flexibility index (Phi) is 10.4. The van der Waals surface area contributed by atoms with Crippen molar-refractivity contribution in [2.24, 2.45) is 23.7 Å². The molecule has 46 heavy (non-hydrogen) atoms. The Bertz CT molecular complexity index is 1470. The maximum atomic E-state index is 15.2. The first-order valence-corrected chi connectivity index (χ1v) is 17.5. The molecular formula is C37H46ClN3O4S. The van der Waals surface area contributed by atoms with Crippen molar-refractivity contribution in [1.82, 2.24) is 9.80 Å². The lowest BCUT2D eigenvalue weighted by Gasteiger charge is -2.43. The van der Waals surface area contributed by atoms with Crippen LogP contribution in [0.5, 0.6) is 0 Å². The maximum absolute atomic E-state index is 15.2. The molecule has 5 rings (SSSR count). The number of thioether (sulfide) groups is 1. The molecule has 1 spiro atoms. The number of benzene rings is 2. The van der Waals surface area contributed by atoms with Gasteiger partial charge in [0, 0.05) is 24.9 Å². The van der Waals surface area contributed by atoms with Gasteiger partial charge >= 0.3 is 0 Å². The SMILES string of the molecule is C=CCN(Cc1ccccc1)C(=O)[C@@H]1[C@H]2C(=O)N([C@@H](CO)[C@@H](C)CC)C(C(=O)N(CC=C)c3c(C)cccc3Cl)C23S[C@@H]1CC3C. The van der Waals surface area contributed by atoms with Crippen LogP contribution in [0, 0.1) is 30.6 Å². The summed E-state index contributed by atoms with van der Waals surface area (Å²) in [5.41, 5.74) is 2.42. The van der Waals surface area contributed by atoms with E-state index in [-0.39, 0.29) is 48.0 Å². The molecule has 2 aromatic carbocycles. The topological polar surface area (TPSA) is 81.2 Å². The van der Waals surface area contributed by atoms with Crippen molar-refractivity contribution in [3.05, 3.63) is 90.0 Å². The lowest BCUT2D eigenvalue weighted by atomic mass is 9.65. The number of para-hydroxylation sites is 1. The monoisotopic (exact) mass is 663 g/mol. The van der Waals surface area contributed by atoms with Gasteiger partial charge in [0.1, 0.15) is 6.04 Å². The van der Waals surface area contributed by atoms with Gasteiger partial charge in [-0.15, -0.1) is 24.9 Å². The van der Waals surface area contributed by atoms with Crippen LogP contribution in [-0.4, -0.2) is 74.4 Å². The van der Waals surface area contributed by atoms with Crippen LogP contribution in [0.25, 0.3) is 0 Å². The normalized spacial score (nSPS) is 27.7. The molecular weight excluding hydrogens is 618 g/mol. The van der Waals surface area contributed by atoms with Crippen LogP contribution in [-0.2, 0) is 20.9 Å². The van der Waals surface area contributed by atoms with Crippen molar-refractivity contribution in [3.8, 4) is 0 Å². The van der Waals surface area contributed by atoms with Gasteiger partial charge in [-0.05, 0) is 42.4 Å². The molecule has 3 amide bonds. The molecule has 3 aliphatic heterocycles. The highest BCUT2D eigenvalue weighted by Crippen LogP contribution is 2.69. The van der Waals surface area contributed by atoms with Crippen LogP contribution in [0.3, 0.4) is 0 Å². The van der Waals surface area contributed by atoms with Gasteiger partial charge in [-0.2, -0.15) is 0 Å². The molecule has 246 valence electrons. The zero-order valence-electron chi connectivity index (χ0n) is 27.3. The van der Waals surface area contributed by atoms with Crippen molar-refractivity contribution < 1.29 is 19.5 Å². The highest BCUT2D eigenvalue weighted by Gasteiger charge is 2.77. The third kappa shape index (κ3) is 5.60. The molecule has 3 unspecified atom stereocenters. The van der Waals surface area contributed by atoms with E-state index in [4.69, 9.17) is 11.6 Å². The van der Waals surface area contributed by atoms with E-state index in [0.29, 0.717) is 30.2 Å². The Hall–Kier alpha value is -3.07. The number of aliphatic hydroxyl groups excluding tert-OH is 1. The molecule has 8 atom stereocenters. The minimum absolute atomic E-state index is 0.0179. The average molecular weight is 664 g/mol. The molecule has 2 bridgehead atoms. The summed E-state index contributed by atoms with van der Waals surface area (Å²) in [5.74, 6) is -1.95.